The van der Waals surface area contributed by atoms with Crippen molar-refractivity contribution in [2.24, 2.45) is 0 Å². The number of anilines is 1. The Kier molecular flexibility index (Phi) is 3.62. The van der Waals surface area contributed by atoms with Gasteiger partial charge in [-0.2, -0.15) is 0 Å². The average Bonchev–Trinajstić information content (AvgIpc) is 2.71. The van der Waals surface area contributed by atoms with Gasteiger partial charge in [-0.3, -0.25) is 19.6 Å². The molecule has 1 amide bonds. The zero-order chi connectivity index (χ0) is 13.1. The zero-order valence-electron chi connectivity index (χ0n) is 10.6. The largest absolute Gasteiger partial charge is 0.313 e. The fourth-order valence-electron chi connectivity index (χ4n) is 2.03. The Morgan fingerprint density at radius 1 is 1.33 bits per heavy atom. The highest BCUT2D eigenvalue weighted by Crippen LogP contribution is 2.21. The first-order chi connectivity index (χ1) is 8.63. The predicted molar refractivity (Wildman–Crippen MR) is 69.4 cm³/mol. The molecule has 1 fully saturated rings. The number of rotatable bonds is 4. The van der Waals surface area contributed by atoms with E-state index in [0.717, 1.165) is 5.69 Å². The van der Waals surface area contributed by atoms with Crippen LogP contribution in [0.1, 0.15) is 16.8 Å². The highest BCUT2D eigenvalue weighted by molar-refractivity contribution is 5.97. The van der Waals surface area contributed by atoms with Gasteiger partial charge in [-0.1, -0.05) is 0 Å². The minimum absolute atomic E-state index is 0.0647. The number of hydrogen-bond donors (Lipinski definition) is 1. The highest BCUT2D eigenvalue weighted by Gasteiger charge is 2.25. The number of nitrogens with zero attached hydrogens (tertiary/aromatic N) is 2. The number of likely N-dealkylation sites (N-methyl/N-ethyl adjacent to an activating group) is 1. The van der Waals surface area contributed by atoms with Gasteiger partial charge in [-0.15, -0.1) is 0 Å². The van der Waals surface area contributed by atoms with Crippen LogP contribution in [0.3, 0.4) is 0 Å². The molecule has 0 bridgehead atoms. The summed E-state index contributed by atoms with van der Waals surface area (Å²) in [4.78, 5) is 23.1. The second-order valence-electron chi connectivity index (χ2n) is 4.29. The van der Waals surface area contributed by atoms with Crippen LogP contribution in [-0.4, -0.2) is 43.9 Å². The number of amides is 1. The maximum Gasteiger partial charge on any atom is 0.242 e. The molecule has 1 aliphatic heterocycles. The lowest BCUT2D eigenvalue weighted by atomic mass is 10.1. The van der Waals surface area contributed by atoms with Crippen molar-refractivity contribution in [3.8, 4) is 0 Å². The summed E-state index contributed by atoms with van der Waals surface area (Å²) in [5, 5.41) is 6.36. The van der Waals surface area contributed by atoms with E-state index in [4.69, 9.17) is 0 Å². The molecule has 96 valence electrons. The molecule has 0 unspecified atom stereocenters. The third-order valence-corrected chi connectivity index (χ3v) is 3.09. The van der Waals surface area contributed by atoms with Gasteiger partial charge in [0.25, 0.3) is 0 Å². The summed E-state index contributed by atoms with van der Waals surface area (Å²) in [6.07, 6.45) is 0.539. The molecule has 0 aliphatic carbocycles. The van der Waals surface area contributed by atoms with E-state index < -0.39 is 0 Å². The lowest BCUT2D eigenvalue weighted by Gasteiger charge is -2.26. The Morgan fingerprint density at radius 3 is 2.50 bits per heavy atom. The van der Waals surface area contributed by atoms with Crippen LogP contribution in [0.5, 0.6) is 0 Å². The third kappa shape index (κ3) is 2.36. The van der Waals surface area contributed by atoms with E-state index in [1.807, 2.05) is 17.1 Å². The zero-order valence-corrected chi connectivity index (χ0v) is 10.6. The van der Waals surface area contributed by atoms with Gasteiger partial charge in [0.1, 0.15) is 0 Å². The van der Waals surface area contributed by atoms with Crippen molar-refractivity contribution in [1.29, 1.82) is 0 Å². The molecular weight excluding hydrogens is 230 g/mol. The molecule has 0 saturated carbocycles. The molecular formula is C13H17N3O2. The van der Waals surface area contributed by atoms with Gasteiger partial charge >= 0.3 is 0 Å². The Bertz CT molecular complexity index is 456. The van der Waals surface area contributed by atoms with Gasteiger partial charge in [0.05, 0.1) is 12.2 Å². The van der Waals surface area contributed by atoms with Crippen LogP contribution >= 0.6 is 0 Å². The first-order valence-corrected chi connectivity index (χ1v) is 5.95. The Balaban J connectivity index is 2.13. The maximum atomic E-state index is 11.7. The van der Waals surface area contributed by atoms with E-state index >= 15 is 0 Å². The van der Waals surface area contributed by atoms with E-state index in [9.17, 15) is 9.59 Å². The lowest BCUT2D eigenvalue weighted by molar-refractivity contribution is -0.126. The van der Waals surface area contributed by atoms with Gasteiger partial charge < -0.3 is 5.32 Å². The Labute approximate surface area is 106 Å². The molecule has 18 heavy (non-hydrogen) atoms. The number of hydrogen-bond acceptors (Lipinski definition) is 4. The molecule has 0 aromatic heterocycles. The van der Waals surface area contributed by atoms with Gasteiger partial charge in [0, 0.05) is 25.6 Å². The van der Waals surface area contributed by atoms with Crippen LogP contribution in [0, 0.1) is 0 Å². The van der Waals surface area contributed by atoms with Crippen LogP contribution in [0.15, 0.2) is 24.3 Å². The van der Waals surface area contributed by atoms with E-state index in [1.165, 1.54) is 0 Å². The maximum absolute atomic E-state index is 11.7. The molecule has 1 aromatic carbocycles. The SMILES string of the molecule is CNCC(=O)c1ccc(N2CCC(=O)N2C)cc1. The smallest absolute Gasteiger partial charge is 0.242 e. The summed E-state index contributed by atoms with van der Waals surface area (Å²) in [5.41, 5.74) is 1.62. The van der Waals surface area contributed by atoms with Crippen molar-refractivity contribution >= 4 is 17.4 Å². The fraction of sp³-hybridized carbons (Fsp3) is 0.385. The quantitative estimate of drug-likeness (QED) is 0.795. The molecule has 1 aromatic rings. The van der Waals surface area contributed by atoms with Gasteiger partial charge in [-0.05, 0) is 31.3 Å². The number of benzene rings is 1. The monoisotopic (exact) mass is 247 g/mol. The summed E-state index contributed by atoms with van der Waals surface area (Å²) in [6, 6.07) is 7.34. The minimum Gasteiger partial charge on any atom is -0.313 e. The number of hydrazine groups is 1. The second kappa shape index (κ2) is 5.18. The van der Waals surface area contributed by atoms with Crippen molar-refractivity contribution in [1.82, 2.24) is 10.3 Å². The number of nitrogens with one attached hydrogen (secondary N) is 1. The van der Waals surface area contributed by atoms with Crippen molar-refractivity contribution in [2.45, 2.75) is 6.42 Å². The average molecular weight is 247 g/mol. The molecule has 0 spiro atoms. The molecule has 1 heterocycles. The lowest BCUT2D eigenvalue weighted by Crippen LogP contribution is -2.35. The third-order valence-electron chi connectivity index (χ3n) is 3.09. The molecule has 2 rings (SSSR count). The van der Waals surface area contributed by atoms with Crippen molar-refractivity contribution in [3.05, 3.63) is 29.8 Å². The van der Waals surface area contributed by atoms with Gasteiger partial charge in [0.15, 0.2) is 5.78 Å². The van der Waals surface area contributed by atoms with Gasteiger partial charge in [0.2, 0.25) is 5.91 Å². The predicted octanol–water partition coefficient (Wildman–Crippen LogP) is 0.672. The van der Waals surface area contributed by atoms with E-state index in [1.54, 1.807) is 31.2 Å². The van der Waals surface area contributed by atoms with Gasteiger partial charge in [-0.25, -0.2) is 0 Å². The number of carbonyl (C=O) groups is 2. The summed E-state index contributed by atoms with van der Waals surface area (Å²) in [6.45, 7) is 1.03. The van der Waals surface area contributed by atoms with E-state index in [0.29, 0.717) is 25.1 Å². The number of Topliss-reactive ketones (excluding diaryl/α,β-unsaturated/α-hetero) is 1. The van der Waals surface area contributed by atoms with Crippen LogP contribution in [-0.2, 0) is 4.79 Å². The summed E-state index contributed by atoms with van der Waals surface area (Å²) in [5.74, 6) is 0.181. The molecule has 1 N–H and O–H groups in total. The summed E-state index contributed by atoms with van der Waals surface area (Å²) < 4.78 is 0. The molecule has 0 atom stereocenters. The molecule has 5 heteroatoms. The topological polar surface area (TPSA) is 52.7 Å². The molecule has 1 saturated heterocycles. The highest BCUT2D eigenvalue weighted by atomic mass is 16.2. The normalized spacial score (nSPS) is 15.3. The van der Waals surface area contributed by atoms with Crippen molar-refractivity contribution < 1.29 is 9.59 Å². The summed E-state index contributed by atoms with van der Waals surface area (Å²) in [7, 11) is 3.51. The van der Waals surface area contributed by atoms with Crippen LogP contribution < -0.4 is 10.3 Å². The minimum atomic E-state index is 0.0647. The Hall–Kier alpha value is -1.88. The van der Waals surface area contributed by atoms with Crippen molar-refractivity contribution in [3.63, 3.8) is 0 Å². The first kappa shape index (κ1) is 12.6. The molecule has 5 nitrogen and oxygen atoms in total. The molecule has 1 aliphatic rings. The number of ketones is 1. The Morgan fingerprint density at radius 2 is 2.00 bits per heavy atom. The number of carbonyl (C=O) groups excluding carboxylic acids is 2. The van der Waals surface area contributed by atoms with E-state index in [-0.39, 0.29) is 11.7 Å². The standard InChI is InChI=1S/C13H17N3O2/c1-14-9-12(17)10-3-5-11(6-4-10)16-8-7-13(18)15(16)2/h3-6,14H,7-9H2,1-2H3. The first-order valence-electron chi connectivity index (χ1n) is 5.95. The fourth-order valence-corrected chi connectivity index (χ4v) is 2.03. The van der Waals surface area contributed by atoms with Crippen LogP contribution in [0.25, 0.3) is 0 Å². The molecule has 0 radical (unpaired) electrons. The van der Waals surface area contributed by atoms with Crippen molar-refractivity contribution in [2.75, 3.05) is 32.2 Å². The van der Waals surface area contributed by atoms with Crippen LogP contribution in [0.4, 0.5) is 5.69 Å². The summed E-state index contributed by atoms with van der Waals surface area (Å²) >= 11 is 0. The van der Waals surface area contributed by atoms with E-state index in [2.05, 4.69) is 5.32 Å². The van der Waals surface area contributed by atoms with Crippen LogP contribution in [0.2, 0.25) is 0 Å². The second-order valence-corrected chi connectivity index (χ2v) is 4.29.